The molecule has 0 aromatic heterocycles. The summed E-state index contributed by atoms with van der Waals surface area (Å²) in [6.45, 7) is 0. The van der Waals surface area contributed by atoms with Gasteiger partial charge in [0.05, 0.1) is 14.3 Å². The molecule has 1 aromatic rings. The largest absolute Gasteiger partial charge is 0.465 e. The summed E-state index contributed by atoms with van der Waals surface area (Å²) in [7, 11) is 1.38. The highest BCUT2D eigenvalue weighted by Crippen LogP contribution is 2.19. The van der Waals surface area contributed by atoms with Crippen LogP contribution in [0.2, 0.25) is 0 Å². The number of halogens is 2. The molecular weight excluding hydrogens is 406 g/mol. The van der Waals surface area contributed by atoms with Crippen LogP contribution >= 0.6 is 45.2 Å². The van der Waals surface area contributed by atoms with E-state index in [0.29, 0.717) is 5.56 Å². The summed E-state index contributed by atoms with van der Waals surface area (Å²) in [6.07, 6.45) is 2.03. The molecule has 74 valence electrons. The summed E-state index contributed by atoms with van der Waals surface area (Å²) >= 11 is 4.46. The molecule has 0 aliphatic heterocycles. The molecule has 0 fully saturated rings. The standard InChI is InChI=1S/C10H8I2O2/c1-14-10(13)8-4-2-7(3-5-8)6-9(11)12/h2-6H,1H3. The van der Waals surface area contributed by atoms with Gasteiger partial charge in [-0.2, -0.15) is 0 Å². The number of esters is 1. The Morgan fingerprint density at radius 1 is 1.29 bits per heavy atom. The van der Waals surface area contributed by atoms with E-state index in [1.807, 2.05) is 18.2 Å². The highest BCUT2D eigenvalue weighted by Gasteiger charge is 2.03. The lowest BCUT2D eigenvalue weighted by Crippen LogP contribution is -2.00. The fourth-order valence-electron chi connectivity index (χ4n) is 0.959. The van der Waals surface area contributed by atoms with Crippen molar-refractivity contribution in [2.24, 2.45) is 0 Å². The first kappa shape index (κ1) is 12.0. The van der Waals surface area contributed by atoms with Gasteiger partial charge in [0.15, 0.2) is 0 Å². The molecule has 0 bridgehead atoms. The van der Waals surface area contributed by atoms with E-state index >= 15 is 0 Å². The van der Waals surface area contributed by atoms with Gasteiger partial charge in [0.2, 0.25) is 0 Å². The lowest BCUT2D eigenvalue weighted by atomic mass is 10.1. The third-order valence-corrected chi connectivity index (χ3v) is 2.23. The molecule has 0 radical (unpaired) electrons. The summed E-state index contributed by atoms with van der Waals surface area (Å²) < 4.78 is 5.77. The van der Waals surface area contributed by atoms with Crippen LogP contribution in [0.15, 0.2) is 25.9 Å². The summed E-state index contributed by atoms with van der Waals surface area (Å²) in [6, 6.07) is 7.30. The lowest BCUT2D eigenvalue weighted by Gasteiger charge is -1.99. The number of hydrogen-bond acceptors (Lipinski definition) is 2. The van der Waals surface area contributed by atoms with Gasteiger partial charge < -0.3 is 4.74 Å². The SMILES string of the molecule is COC(=O)c1ccc(C=C(I)I)cc1. The van der Waals surface area contributed by atoms with E-state index in [4.69, 9.17) is 0 Å². The number of hydrogen-bond donors (Lipinski definition) is 0. The van der Waals surface area contributed by atoms with Crippen LogP contribution in [0.3, 0.4) is 0 Å². The minimum atomic E-state index is -0.301. The number of benzene rings is 1. The molecule has 0 spiro atoms. The zero-order chi connectivity index (χ0) is 10.6. The van der Waals surface area contributed by atoms with Crippen molar-refractivity contribution in [3.8, 4) is 0 Å². The molecule has 0 heterocycles. The Balaban J connectivity index is 2.89. The average molecular weight is 414 g/mol. The molecule has 0 atom stereocenters. The Labute approximate surface area is 110 Å². The summed E-state index contributed by atoms with van der Waals surface area (Å²) in [5, 5.41) is 0. The number of rotatable bonds is 2. The highest BCUT2D eigenvalue weighted by molar-refractivity contribution is 14.2. The van der Waals surface area contributed by atoms with Gasteiger partial charge in [0, 0.05) is 0 Å². The Hall–Kier alpha value is -0.110. The van der Waals surface area contributed by atoms with Gasteiger partial charge in [-0.3, -0.25) is 0 Å². The Kier molecular flexibility index (Phi) is 4.86. The normalized spacial score (nSPS) is 9.36. The monoisotopic (exact) mass is 414 g/mol. The van der Waals surface area contributed by atoms with Crippen molar-refractivity contribution in [1.29, 1.82) is 0 Å². The number of methoxy groups -OCH3 is 1. The van der Waals surface area contributed by atoms with Gasteiger partial charge in [-0.1, -0.05) is 12.1 Å². The van der Waals surface area contributed by atoms with E-state index in [1.54, 1.807) is 12.1 Å². The maximum atomic E-state index is 11.1. The molecule has 0 saturated heterocycles. The first-order valence-electron chi connectivity index (χ1n) is 3.84. The van der Waals surface area contributed by atoms with Gasteiger partial charge in [0.25, 0.3) is 0 Å². The zero-order valence-corrected chi connectivity index (χ0v) is 11.8. The second-order valence-corrected chi connectivity index (χ2v) is 6.94. The van der Waals surface area contributed by atoms with Gasteiger partial charge >= 0.3 is 5.97 Å². The zero-order valence-electron chi connectivity index (χ0n) is 7.46. The van der Waals surface area contributed by atoms with Crippen LogP contribution in [0.25, 0.3) is 6.08 Å². The number of carbonyl (C=O) groups excluding carboxylic acids is 1. The second-order valence-electron chi connectivity index (χ2n) is 2.55. The third-order valence-electron chi connectivity index (χ3n) is 1.61. The third kappa shape index (κ3) is 3.56. The Morgan fingerprint density at radius 2 is 1.86 bits per heavy atom. The van der Waals surface area contributed by atoms with Crippen LogP contribution in [0.1, 0.15) is 15.9 Å². The van der Waals surface area contributed by atoms with Crippen molar-refractivity contribution >= 4 is 57.2 Å². The fraction of sp³-hybridized carbons (Fsp3) is 0.100. The fourth-order valence-corrected chi connectivity index (χ4v) is 1.68. The minimum absolute atomic E-state index is 0.301. The molecule has 0 amide bonds. The lowest BCUT2D eigenvalue weighted by molar-refractivity contribution is 0.0601. The summed E-state index contributed by atoms with van der Waals surface area (Å²) in [5.41, 5.74) is 1.66. The first-order chi connectivity index (χ1) is 6.63. The van der Waals surface area contributed by atoms with Gasteiger partial charge in [-0.25, -0.2) is 4.79 Å². The van der Waals surface area contributed by atoms with Crippen molar-refractivity contribution in [2.45, 2.75) is 0 Å². The number of carbonyl (C=O) groups is 1. The van der Waals surface area contributed by atoms with E-state index in [0.717, 1.165) is 5.56 Å². The molecule has 1 rings (SSSR count). The molecule has 0 unspecified atom stereocenters. The predicted octanol–water partition coefficient (Wildman–Crippen LogP) is 3.64. The van der Waals surface area contributed by atoms with E-state index < -0.39 is 0 Å². The molecule has 1 aromatic carbocycles. The number of ether oxygens (including phenoxy) is 1. The molecule has 0 N–H and O–H groups in total. The van der Waals surface area contributed by atoms with Crippen LogP contribution in [0.5, 0.6) is 0 Å². The maximum absolute atomic E-state index is 11.1. The van der Waals surface area contributed by atoms with Crippen molar-refractivity contribution in [2.75, 3.05) is 7.11 Å². The van der Waals surface area contributed by atoms with Crippen molar-refractivity contribution in [3.63, 3.8) is 0 Å². The van der Waals surface area contributed by atoms with Gasteiger partial charge in [0.1, 0.15) is 0 Å². The smallest absolute Gasteiger partial charge is 0.337 e. The van der Waals surface area contributed by atoms with Crippen molar-refractivity contribution in [1.82, 2.24) is 0 Å². The van der Waals surface area contributed by atoms with E-state index in [2.05, 4.69) is 49.9 Å². The van der Waals surface area contributed by atoms with Crippen LogP contribution < -0.4 is 0 Å². The molecule has 14 heavy (non-hydrogen) atoms. The highest BCUT2D eigenvalue weighted by atomic mass is 127. The van der Waals surface area contributed by atoms with Gasteiger partial charge in [-0.05, 0) is 69.0 Å². The first-order valence-corrected chi connectivity index (χ1v) is 6.00. The molecule has 0 saturated carbocycles. The molecule has 0 aliphatic rings. The second kappa shape index (κ2) is 5.69. The molecule has 2 nitrogen and oxygen atoms in total. The molecule has 4 heteroatoms. The maximum Gasteiger partial charge on any atom is 0.337 e. The summed E-state index contributed by atoms with van der Waals surface area (Å²) in [4.78, 5) is 11.1. The van der Waals surface area contributed by atoms with E-state index in [-0.39, 0.29) is 5.97 Å². The Bertz CT molecular complexity index is 351. The van der Waals surface area contributed by atoms with Crippen LogP contribution in [-0.2, 0) is 4.74 Å². The minimum Gasteiger partial charge on any atom is -0.465 e. The average Bonchev–Trinajstić information content (AvgIpc) is 2.17. The van der Waals surface area contributed by atoms with Crippen LogP contribution in [0.4, 0.5) is 0 Å². The van der Waals surface area contributed by atoms with Gasteiger partial charge in [-0.15, -0.1) is 0 Å². The van der Waals surface area contributed by atoms with E-state index in [9.17, 15) is 4.79 Å². The molecule has 0 aliphatic carbocycles. The quantitative estimate of drug-likeness (QED) is 0.546. The molecular formula is C10H8I2O2. The Morgan fingerprint density at radius 3 is 2.29 bits per heavy atom. The van der Waals surface area contributed by atoms with Crippen molar-refractivity contribution < 1.29 is 9.53 Å². The van der Waals surface area contributed by atoms with Crippen molar-refractivity contribution in [3.05, 3.63) is 37.0 Å². The van der Waals surface area contributed by atoms with Crippen LogP contribution in [0, 0.1) is 0 Å². The van der Waals surface area contributed by atoms with E-state index in [1.165, 1.54) is 8.70 Å². The topological polar surface area (TPSA) is 26.3 Å². The summed E-state index contributed by atoms with van der Waals surface area (Å²) in [5.74, 6) is -0.301. The predicted molar refractivity (Wildman–Crippen MR) is 73.8 cm³/mol. The van der Waals surface area contributed by atoms with Crippen LogP contribution in [-0.4, -0.2) is 13.1 Å².